The topological polar surface area (TPSA) is 71.5 Å². The van der Waals surface area contributed by atoms with Gasteiger partial charge < -0.3 is 10.1 Å². The van der Waals surface area contributed by atoms with Gasteiger partial charge in [0.15, 0.2) is 0 Å². The van der Waals surface area contributed by atoms with Gasteiger partial charge in [0.2, 0.25) is 5.88 Å². The fourth-order valence-electron chi connectivity index (χ4n) is 2.72. The Kier molecular flexibility index (Phi) is 4.96. The Morgan fingerprint density at radius 3 is 3.04 bits per heavy atom. The zero-order valence-electron chi connectivity index (χ0n) is 12.8. The molecule has 2 aromatic rings. The van der Waals surface area contributed by atoms with Crippen molar-refractivity contribution in [3.05, 3.63) is 41.4 Å². The summed E-state index contributed by atoms with van der Waals surface area (Å²) in [6.45, 7) is 1.57. The van der Waals surface area contributed by atoms with E-state index < -0.39 is 10.0 Å². The molecular weight excluding hydrogens is 334 g/mol. The van der Waals surface area contributed by atoms with E-state index >= 15 is 0 Å². The second kappa shape index (κ2) is 6.96. The molecule has 8 heteroatoms. The molecule has 0 radical (unpaired) electrons. The number of aromatic nitrogens is 1. The van der Waals surface area contributed by atoms with Gasteiger partial charge >= 0.3 is 0 Å². The Labute approximate surface area is 140 Å². The fourth-order valence-corrected chi connectivity index (χ4v) is 5.35. The Balaban J connectivity index is 1.74. The molecule has 23 heavy (non-hydrogen) atoms. The van der Waals surface area contributed by atoms with Crippen molar-refractivity contribution in [2.45, 2.75) is 16.7 Å². The average Bonchev–Trinajstić information content (AvgIpc) is 3.11. The van der Waals surface area contributed by atoms with Crippen molar-refractivity contribution in [2.24, 2.45) is 0 Å². The molecule has 1 atom stereocenters. The highest BCUT2D eigenvalue weighted by Crippen LogP contribution is 2.23. The summed E-state index contributed by atoms with van der Waals surface area (Å²) in [6.07, 6.45) is 2.36. The first-order chi connectivity index (χ1) is 11.1. The summed E-state index contributed by atoms with van der Waals surface area (Å²) in [5.74, 6) is 0.590. The van der Waals surface area contributed by atoms with E-state index in [0.29, 0.717) is 36.1 Å². The Hall–Kier alpha value is -1.48. The summed E-state index contributed by atoms with van der Waals surface area (Å²) in [6, 6.07) is 7.27. The molecule has 3 heterocycles. The second-order valence-corrected chi connectivity index (χ2v) is 8.43. The van der Waals surface area contributed by atoms with Gasteiger partial charge in [-0.1, -0.05) is 12.1 Å². The van der Waals surface area contributed by atoms with Crippen LogP contribution in [0.4, 0.5) is 0 Å². The number of nitrogens with one attached hydrogen (secondary N) is 1. The lowest BCUT2D eigenvalue weighted by Gasteiger charge is -2.32. The van der Waals surface area contributed by atoms with Crippen molar-refractivity contribution in [3.8, 4) is 5.88 Å². The molecule has 2 aromatic heterocycles. The predicted octanol–water partition coefficient (Wildman–Crippen LogP) is 1.36. The molecule has 1 fully saturated rings. The van der Waals surface area contributed by atoms with Crippen LogP contribution in [0.5, 0.6) is 5.88 Å². The van der Waals surface area contributed by atoms with Crippen LogP contribution in [0.15, 0.2) is 40.1 Å². The molecule has 1 aliphatic rings. The monoisotopic (exact) mass is 353 g/mol. The highest BCUT2D eigenvalue weighted by Gasteiger charge is 2.31. The third-order valence-corrected chi connectivity index (χ3v) is 7.06. The van der Waals surface area contributed by atoms with Gasteiger partial charge in [-0.05, 0) is 23.9 Å². The van der Waals surface area contributed by atoms with Gasteiger partial charge in [-0.3, -0.25) is 0 Å². The van der Waals surface area contributed by atoms with Crippen LogP contribution in [0.25, 0.3) is 0 Å². The maximum Gasteiger partial charge on any atom is 0.252 e. The number of sulfonamides is 1. The highest BCUT2D eigenvalue weighted by atomic mass is 32.2. The lowest BCUT2D eigenvalue weighted by molar-refractivity contribution is 0.294. The molecule has 0 spiro atoms. The summed E-state index contributed by atoms with van der Waals surface area (Å²) in [5.41, 5.74) is 0.975. The van der Waals surface area contributed by atoms with E-state index in [1.54, 1.807) is 35.1 Å². The van der Waals surface area contributed by atoms with Crippen LogP contribution >= 0.6 is 11.3 Å². The van der Waals surface area contributed by atoms with Crippen molar-refractivity contribution < 1.29 is 13.2 Å². The third kappa shape index (κ3) is 3.55. The molecule has 124 valence electrons. The van der Waals surface area contributed by atoms with Crippen molar-refractivity contribution in [1.82, 2.24) is 14.6 Å². The quantitative estimate of drug-likeness (QED) is 0.879. The van der Waals surface area contributed by atoms with Crippen molar-refractivity contribution in [3.63, 3.8) is 0 Å². The SMILES string of the molecule is COc1ncccc1CC1CN(S(=O)(=O)c2cccs2)CCN1. The minimum atomic E-state index is -3.39. The van der Waals surface area contributed by atoms with Gasteiger partial charge in [0.05, 0.1) is 7.11 Å². The standard InChI is InChI=1S/C15H19N3O3S2/c1-21-15-12(4-2-6-17-15)10-13-11-18(8-7-16-13)23(19,20)14-5-3-9-22-14/h2-6,9,13,16H,7-8,10-11H2,1H3. The van der Waals surface area contributed by atoms with E-state index in [-0.39, 0.29) is 6.04 Å². The van der Waals surface area contributed by atoms with Crippen molar-refractivity contribution in [1.29, 1.82) is 0 Å². The first-order valence-electron chi connectivity index (χ1n) is 7.36. The van der Waals surface area contributed by atoms with E-state index in [9.17, 15) is 8.42 Å². The van der Waals surface area contributed by atoms with Crippen LogP contribution in [-0.2, 0) is 16.4 Å². The predicted molar refractivity (Wildman–Crippen MR) is 89.4 cm³/mol. The van der Waals surface area contributed by atoms with E-state index in [0.717, 1.165) is 5.56 Å². The smallest absolute Gasteiger partial charge is 0.252 e. The van der Waals surface area contributed by atoms with Gasteiger partial charge in [-0.25, -0.2) is 13.4 Å². The van der Waals surface area contributed by atoms with E-state index in [1.807, 2.05) is 12.1 Å². The third-order valence-electron chi connectivity index (χ3n) is 3.82. The Morgan fingerprint density at radius 2 is 2.30 bits per heavy atom. The molecule has 3 rings (SSSR count). The van der Waals surface area contributed by atoms with Crippen molar-refractivity contribution in [2.75, 3.05) is 26.7 Å². The first kappa shape index (κ1) is 16.4. The molecule has 1 saturated heterocycles. The van der Waals surface area contributed by atoms with Crippen LogP contribution in [-0.4, -0.2) is 50.5 Å². The van der Waals surface area contributed by atoms with Crippen LogP contribution in [0.2, 0.25) is 0 Å². The molecule has 0 bridgehead atoms. The molecular formula is C15H19N3O3S2. The second-order valence-electron chi connectivity index (χ2n) is 5.32. The highest BCUT2D eigenvalue weighted by molar-refractivity contribution is 7.91. The van der Waals surface area contributed by atoms with Crippen LogP contribution in [0.3, 0.4) is 0 Å². The zero-order chi connectivity index (χ0) is 16.3. The maximum absolute atomic E-state index is 12.6. The zero-order valence-corrected chi connectivity index (χ0v) is 14.4. The average molecular weight is 353 g/mol. The molecule has 0 amide bonds. The van der Waals surface area contributed by atoms with Crippen LogP contribution in [0.1, 0.15) is 5.56 Å². The van der Waals surface area contributed by atoms with Crippen LogP contribution < -0.4 is 10.1 Å². The van der Waals surface area contributed by atoms with Gasteiger partial charge in [-0.2, -0.15) is 4.31 Å². The maximum atomic E-state index is 12.6. The number of nitrogens with zero attached hydrogens (tertiary/aromatic N) is 2. The van der Waals surface area contributed by atoms with Gasteiger partial charge in [0.25, 0.3) is 10.0 Å². The van der Waals surface area contributed by atoms with E-state index in [4.69, 9.17) is 4.74 Å². The summed E-state index contributed by atoms with van der Waals surface area (Å²) < 4.78 is 32.5. The van der Waals surface area contributed by atoms with E-state index in [2.05, 4.69) is 10.3 Å². The lowest BCUT2D eigenvalue weighted by atomic mass is 10.1. The number of methoxy groups -OCH3 is 1. The minimum absolute atomic E-state index is 0.0385. The number of ether oxygens (including phenoxy) is 1. The number of hydrogen-bond donors (Lipinski definition) is 1. The largest absolute Gasteiger partial charge is 0.481 e. The molecule has 6 nitrogen and oxygen atoms in total. The van der Waals surface area contributed by atoms with Crippen LogP contribution in [0, 0.1) is 0 Å². The molecule has 0 saturated carbocycles. The lowest BCUT2D eigenvalue weighted by Crippen LogP contribution is -2.53. The molecule has 0 aromatic carbocycles. The molecule has 1 aliphatic heterocycles. The van der Waals surface area contributed by atoms with Gasteiger partial charge in [-0.15, -0.1) is 11.3 Å². The molecule has 1 unspecified atom stereocenters. The van der Waals surface area contributed by atoms with Crippen molar-refractivity contribution >= 4 is 21.4 Å². The number of rotatable bonds is 5. The Bertz CT molecular complexity index is 747. The Morgan fingerprint density at radius 1 is 1.43 bits per heavy atom. The number of pyridine rings is 1. The van der Waals surface area contributed by atoms with E-state index in [1.165, 1.54) is 11.3 Å². The molecule has 0 aliphatic carbocycles. The summed E-state index contributed by atoms with van der Waals surface area (Å²) >= 11 is 1.25. The van der Waals surface area contributed by atoms with Gasteiger partial charge in [0, 0.05) is 37.4 Å². The number of hydrogen-bond acceptors (Lipinski definition) is 6. The minimum Gasteiger partial charge on any atom is -0.481 e. The fraction of sp³-hybridized carbons (Fsp3) is 0.400. The van der Waals surface area contributed by atoms with Gasteiger partial charge in [0.1, 0.15) is 4.21 Å². The normalized spacial score (nSPS) is 19.6. The molecule has 1 N–H and O–H groups in total. The number of thiophene rings is 1. The summed E-state index contributed by atoms with van der Waals surface area (Å²) in [4.78, 5) is 4.19. The first-order valence-corrected chi connectivity index (χ1v) is 9.68. The summed E-state index contributed by atoms with van der Waals surface area (Å²) in [7, 11) is -1.80. The number of piperazine rings is 1. The summed E-state index contributed by atoms with van der Waals surface area (Å²) in [5, 5.41) is 5.16.